The van der Waals surface area contributed by atoms with Crippen LogP contribution < -0.4 is 5.32 Å². The van der Waals surface area contributed by atoms with Crippen LogP contribution in [0.1, 0.15) is 34.6 Å². The lowest BCUT2D eigenvalue weighted by Gasteiger charge is -2.18. The summed E-state index contributed by atoms with van der Waals surface area (Å²) in [5.41, 5.74) is 3.08. The van der Waals surface area contributed by atoms with Crippen molar-refractivity contribution >= 4 is 12.1 Å². The van der Waals surface area contributed by atoms with E-state index in [4.69, 9.17) is 4.74 Å². The van der Waals surface area contributed by atoms with Crippen molar-refractivity contribution in [2.24, 2.45) is 0 Å². The highest BCUT2D eigenvalue weighted by molar-refractivity contribution is 5.81. The first kappa shape index (κ1) is 23.3. The van der Waals surface area contributed by atoms with Crippen molar-refractivity contribution in [2.45, 2.75) is 31.0 Å². The number of carbonyl (C=O) groups excluding carboxylic acids is 1. The Bertz CT molecular complexity index is 1170. The number of carboxylic acids is 1. The van der Waals surface area contributed by atoms with Crippen LogP contribution in [-0.2, 0) is 22.1 Å². The van der Waals surface area contributed by atoms with E-state index in [-0.39, 0.29) is 30.9 Å². The van der Waals surface area contributed by atoms with E-state index >= 15 is 0 Å². The van der Waals surface area contributed by atoms with E-state index in [1.54, 1.807) is 0 Å². The molecule has 0 fully saturated rings. The number of nitrogens with one attached hydrogen (secondary N) is 1. The molecular formula is C25H21F3N2O4. The Labute approximate surface area is 193 Å². The van der Waals surface area contributed by atoms with Gasteiger partial charge in [0.2, 0.25) is 0 Å². The third-order valence-electron chi connectivity index (χ3n) is 5.85. The number of rotatable bonds is 7. The molecule has 2 aromatic carbocycles. The lowest BCUT2D eigenvalue weighted by atomic mass is 9.98. The Hall–Kier alpha value is -3.88. The number of halogens is 3. The molecule has 1 heterocycles. The second kappa shape index (κ2) is 9.54. The molecule has 1 aliphatic carbocycles. The maximum absolute atomic E-state index is 13.2. The number of hydrogen-bond acceptors (Lipinski definition) is 4. The average Bonchev–Trinajstić information content (AvgIpc) is 3.13. The summed E-state index contributed by atoms with van der Waals surface area (Å²) >= 11 is 0. The molecule has 0 saturated carbocycles. The van der Waals surface area contributed by atoms with Crippen molar-refractivity contribution < 1.29 is 32.6 Å². The molecule has 1 amide bonds. The fourth-order valence-corrected chi connectivity index (χ4v) is 4.24. The zero-order valence-electron chi connectivity index (χ0n) is 17.9. The third-order valence-corrected chi connectivity index (χ3v) is 5.85. The molecule has 1 aliphatic rings. The summed E-state index contributed by atoms with van der Waals surface area (Å²) < 4.78 is 44.8. The van der Waals surface area contributed by atoms with Gasteiger partial charge in [-0.2, -0.15) is 13.2 Å². The smallest absolute Gasteiger partial charge is 0.416 e. The highest BCUT2D eigenvalue weighted by Gasteiger charge is 2.34. The Kier molecular flexibility index (Phi) is 6.54. The van der Waals surface area contributed by atoms with Crippen LogP contribution in [0.15, 0.2) is 67.0 Å². The first-order valence-corrected chi connectivity index (χ1v) is 10.6. The number of carbonyl (C=O) groups is 2. The number of alkyl halides is 3. The third kappa shape index (κ3) is 4.88. The van der Waals surface area contributed by atoms with Crippen molar-refractivity contribution in [1.82, 2.24) is 10.3 Å². The molecule has 0 radical (unpaired) electrons. The first-order chi connectivity index (χ1) is 16.3. The Morgan fingerprint density at radius 1 is 1.03 bits per heavy atom. The highest BCUT2D eigenvalue weighted by Crippen LogP contribution is 2.44. The minimum atomic E-state index is -4.59. The molecule has 3 aromatic rings. The van der Waals surface area contributed by atoms with Crippen molar-refractivity contribution in [1.29, 1.82) is 0 Å². The molecule has 1 atom stereocenters. The van der Waals surface area contributed by atoms with E-state index in [1.165, 1.54) is 0 Å². The van der Waals surface area contributed by atoms with Crippen LogP contribution >= 0.6 is 0 Å². The Morgan fingerprint density at radius 2 is 1.65 bits per heavy atom. The van der Waals surface area contributed by atoms with E-state index in [0.29, 0.717) is 0 Å². The Morgan fingerprint density at radius 3 is 2.24 bits per heavy atom. The van der Waals surface area contributed by atoms with Crippen LogP contribution in [0.4, 0.5) is 18.0 Å². The largest absolute Gasteiger partial charge is 0.480 e. The van der Waals surface area contributed by atoms with E-state index < -0.39 is 29.8 Å². The number of carboxylic acid groups (broad SMARTS) is 1. The quantitative estimate of drug-likeness (QED) is 0.506. The summed E-state index contributed by atoms with van der Waals surface area (Å²) in [7, 11) is 0. The van der Waals surface area contributed by atoms with Gasteiger partial charge in [0.25, 0.3) is 0 Å². The standard InChI is InChI=1S/C25H21F3N2O4/c26-25(27,28)21-11-12-29-13-15(21)9-10-22(23(31)32)30-24(33)34-14-20-18-7-3-1-5-16(18)17-6-2-4-8-19(17)20/h1-8,11-13,20,22H,9-10,14H2,(H,30,33)(H,31,32)/t22-/m1/s1. The number of aryl methyl sites for hydroxylation is 1. The molecule has 0 spiro atoms. The monoisotopic (exact) mass is 470 g/mol. The number of pyridine rings is 1. The number of ether oxygens (including phenoxy) is 1. The van der Waals surface area contributed by atoms with Gasteiger partial charge in [-0.1, -0.05) is 48.5 Å². The minimum Gasteiger partial charge on any atom is -0.480 e. The average molecular weight is 470 g/mol. The number of aromatic nitrogens is 1. The van der Waals surface area contributed by atoms with Crippen LogP contribution in [0, 0.1) is 0 Å². The van der Waals surface area contributed by atoms with Gasteiger partial charge >= 0.3 is 18.2 Å². The maximum Gasteiger partial charge on any atom is 0.416 e. The van der Waals surface area contributed by atoms with Gasteiger partial charge in [0, 0.05) is 18.3 Å². The lowest BCUT2D eigenvalue weighted by Crippen LogP contribution is -2.41. The summed E-state index contributed by atoms with van der Waals surface area (Å²) in [5, 5.41) is 11.7. The number of aliphatic carboxylic acids is 1. The lowest BCUT2D eigenvalue weighted by molar-refractivity contribution is -0.139. The number of amides is 1. The van der Waals surface area contributed by atoms with Gasteiger partial charge in [0.1, 0.15) is 12.6 Å². The molecule has 0 bridgehead atoms. The second-order valence-corrected chi connectivity index (χ2v) is 7.93. The second-order valence-electron chi connectivity index (χ2n) is 7.93. The molecule has 2 N–H and O–H groups in total. The van der Waals surface area contributed by atoms with Crippen molar-refractivity contribution in [2.75, 3.05) is 6.61 Å². The molecule has 0 aliphatic heterocycles. The molecule has 6 nitrogen and oxygen atoms in total. The highest BCUT2D eigenvalue weighted by atomic mass is 19.4. The number of nitrogens with zero attached hydrogens (tertiary/aromatic N) is 1. The van der Waals surface area contributed by atoms with Crippen LogP contribution in [0.3, 0.4) is 0 Å². The van der Waals surface area contributed by atoms with E-state index in [0.717, 1.165) is 40.7 Å². The number of alkyl carbamates (subject to hydrolysis) is 1. The van der Waals surface area contributed by atoms with Gasteiger partial charge in [-0.25, -0.2) is 9.59 Å². The zero-order valence-corrected chi connectivity index (χ0v) is 17.9. The Balaban J connectivity index is 1.40. The maximum atomic E-state index is 13.2. The SMILES string of the molecule is O=C(N[C@H](CCc1cnccc1C(F)(F)F)C(=O)O)OCC1c2ccccc2-c2ccccc21. The van der Waals surface area contributed by atoms with Gasteiger partial charge in [-0.15, -0.1) is 0 Å². The molecule has 0 unspecified atom stereocenters. The van der Waals surface area contributed by atoms with E-state index in [9.17, 15) is 27.9 Å². The summed E-state index contributed by atoms with van der Waals surface area (Å²) in [5.74, 6) is -1.57. The fourth-order valence-electron chi connectivity index (χ4n) is 4.24. The molecule has 1 aromatic heterocycles. The summed E-state index contributed by atoms with van der Waals surface area (Å²) in [6, 6.07) is 14.9. The van der Waals surface area contributed by atoms with Crippen LogP contribution in [0.5, 0.6) is 0 Å². The van der Waals surface area contributed by atoms with Gasteiger partial charge < -0.3 is 15.2 Å². The number of fused-ring (bicyclic) bond motifs is 3. The zero-order chi connectivity index (χ0) is 24.3. The van der Waals surface area contributed by atoms with Crippen LogP contribution in [-0.4, -0.2) is 34.8 Å². The van der Waals surface area contributed by atoms with Crippen molar-refractivity contribution in [3.63, 3.8) is 0 Å². The van der Waals surface area contributed by atoms with Crippen molar-refractivity contribution in [3.05, 3.63) is 89.2 Å². The minimum absolute atomic E-state index is 0.00692. The van der Waals surface area contributed by atoms with Crippen LogP contribution in [0.25, 0.3) is 11.1 Å². The first-order valence-electron chi connectivity index (χ1n) is 10.6. The topological polar surface area (TPSA) is 88.5 Å². The van der Waals surface area contributed by atoms with Crippen LogP contribution in [0.2, 0.25) is 0 Å². The number of hydrogen-bond donors (Lipinski definition) is 2. The molecule has 0 saturated heterocycles. The summed E-state index contributed by atoms with van der Waals surface area (Å²) in [6.07, 6.45) is -3.95. The fraction of sp³-hybridized carbons (Fsp3) is 0.240. The summed E-state index contributed by atoms with van der Waals surface area (Å²) in [4.78, 5) is 27.7. The van der Waals surface area contributed by atoms with E-state index in [1.807, 2.05) is 48.5 Å². The van der Waals surface area contributed by atoms with Crippen molar-refractivity contribution in [3.8, 4) is 11.1 Å². The van der Waals surface area contributed by atoms with Gasteiger partial charge in [-0.3, -0.25) is 4.98 Å². The molecular weight excluding hydrogens is 449 g/mol. The van der Waals surface area contributed by atoms with Gasteiger partial charge in [0.05, 0.1) is 5.56 Å². The predicted octanol–water partition coefficient (Wildman–Crippen LogP) is 5.02. The van der Waals surface area contributed by atoms with Gasteiger partial charge in [0.15, 0.2) is 0 Å². The molecule has 176 valence electrons. The normalized spacial score (nSPS) is 13.6. The summed E-state index contributed by atoms with van der Waals surface area (Å²) in [6.45, 7) is -0.00692. The molecule has 4 rings (SSSR count). The van der Waals surface area contributed by atoms with Gasteiger partial charge in [-0.05, 0) is 46.7 Å². The van der Waals surface area contributed by atoms with E-state index in [2.05, 4.69) is 10.3 Å². The molecule has 34 heavy (non-hydrogen) atoms. The molecule has 9 heteroatoms. The number of benzene rings is 2. The predicted molar refractivity (Wildman–Crippen MR) is 117 cm³/mol.